The van der Waals surface area contributed by atoms with E-state index >= 15 is 0 Å². The maximum Gasteiger partial charge on any atom is 0.344 e. The van der Waals surface area contributed by atoms with Crippen LogP contribution in [0.5, 0.6) is 0 Å². The molecule has 0 aliphatic heterocycles. The number of ether oxygens (including phenoxy) is 2. The average Bonchev–Trinajstić information content (AvgIpc) is 2.65. The van der Waals surface area contributed by atoms with Gasteiger partial charge in [0.05, 0.1) is 17.2 Å². The van der Waals surface area contributed by atoms with E-state index in [2.05, 4.69) is 0 Å². The van der Waals surface area contributed by atoms with Crippen molar-refractivity contribution in [3.05, 3.63) is 65.7 Å². The second-order valence-corrected chi connectivity index (χ2v) is 5.86. The molecule has 6 heteroatoms. The van der Waals surface area contributed by atoms with Crippen molar-refractivity contribution in [1.29, 1.82) is 0 Å². The summed E-state index contributed by atoms with van der Waals surface area (Å²) >= 11 is 0. The lowest BCUT2D eigenvalue weighted by atomic mass is 10.1. The minimum absolute atomic E-state index is 0.0950. The van der Waals surface area contributed by atoms with Crippen molar-refractivity contribution in [1.82, 2.24) is 0 Å². The Bertz CT molecular complexity index is 786. The van der Waals surface area contributed by atoms with Crippen LogP contribution in [0.15, 0.2) is 54.6 Å². The number of nitrogens with zero attached hydrogens (tertiary/aromatic N) is 1. The summed E-state index contributed by atoms with van der Waals surface area (Å²) in [4.78, 5) is 38.1. The van der Waals surface area contributed by atoms with E-state index in [0.29, 0.717) is 5.69 Å². The van der Waals surface area contributed by atoms with E-state index in [4.69, 9.17) is 9.47 Å². The van der Waals surface area contributed by atoms with E-state index in [0.717, 1.165) is 0 Å². The molecule has 0 fully saturated rings. The molecule has 2 aromatic rings. The topological polar surface area (TPSA) is 72.9 Å². The summed E-state index contributed by atoms with van der Waals surface area (Å²) in [6.45, 7) is 2.90. The third-order valence-corrected chi connectivity index (χ3v) is 3.51. The van der Waals surface area contributed by atoms with Gasteiger partial charge in [-0.15, -0.1) is 0 Å². The number of rotatable bonds is 6. The van der Waals surface area contributed by atoms with Gasteiger partial charge in [-0.2, -0.15) is 0 Å². The van der Waals surface area contributed by atoms with Crippen molar-refractivity contribution in [2.24, 2.45) is 0 Å². The van der Waals surface area contributed by atoms with Crippen molar-refractivity contribution in [2.45, 2.75) is 20.0 Å². The number of hydrogen-bond donors (Lipinski definition) is 0. The van der Waals surface area contributed by atoms with E-state index in [1.807, 2.05) is 18.2 Å². The number of esters is 2. The van der Waals surface area contributed by atoms with Crippen LogP contribution in [0.3, 0.4) is 0 Å². The molecule has 0 aromatic heterocycles. The minimum Gasteiger partial charge on any atom is -0.460 e. The van der Waals surface area contributed by atoms with Gasteiger partial charge in [-0.25, -0.2) is 9.59 Å². The molecular formula is C20H21NO5. The SMILES string of the molecule is CC(C)OC(=O)COC(=O)c1ccccc1C(=O)N(C)c1ccccc1. The molecule has 0 aliphatic rings. The fourth-order valence-electron chi connectivity index (χ4n) is 2.30. The Morgan fingerprint density at radius 3 is 2.12 bits per heavy atom. The summed E-state index contributed by atoms with van der Waals surface area (Å²) in [5, 5.41) is 0. The van der Waals surface area contributed by atoms with Crippen molar-refractivity contribution in [2.75, 3.05) is 18.6 Å². The molecule has 2 aromatic carbocycles. The van der Waals surface area contributed by atoms with Gasteiger partial charge in [-0.3, -0.25) is 4.79 Å². The van der Waals surface area contributed by atoms with Crippen molar-refractivity contribution >= 4 is 23.5 Å². The summed E-state index contributed by atoms with van der Waals surface area (Å²) < 4.78 is 9.90. The smallest absolute Gasteiger partial charge is 0.344 e. The molecule has 0 radical (unpaired) electrons. The van der Waals surface area contributed by atoms with Crippen LogP contribution in [0.2, 0.25) is 0 Å². The molecule has 0 spiro atoms. The van der Waals surface area contributed by atoms with Crippen LogP contribution in [0, 0.1) is 0 Å². The Kier molecular flexibility index (Phi) is 6.49. The number of carbonyl (C=O) groups is 3. The standard InChI is InChI=1S/C20H21NO5/c1-14(2)26-18(22)13-25-20(24)17-12-8-7-11-16(17)19(23)21(3)15-9-5-4-6-10-15/h4-12,14H,13H2,1-3H3. The predicted octanol–water partition coefficient (Wildman–Crippen LogP) is 3.07. The van der Waals surface area contributed by atoms with E-state index in [-0.39, 0.29) is 23.1 Å². The maximum absolute atomic E-state index is 12.8. The molecule has 0 saturated carbocycles. The van der Waals surface area contributed by atoms with Gasteiger partial charge in [-0.05, 0) is 38.1 Å². The van der Waals surface area contributed by atoms with E-state index in [1.165, 1.54) is 11.0 Å². The summed E-state index contributed by atoms with van der Waals surface area (Å²) in [5.74, 6) is -1.75. The van der Waals surface area contributed by atoms with E-state index in [9.17, 15) is 14.4 Å². The second kappa shape index (κ2) is 8.80. The largest absolute Gasteiger partial charge is 0.460 e. The normalized spacial score (nSPS) is 10.3. The molecule has 0 bridgehead atoms. The molecule has 0 heterocycles. The van der Waals surface area contributed by atoms with Crippen molar-refractivity contribution in [3.8, 4) is 0 Å². The number of anilines is 1. The number of benzene rings is 2. The molecule has 2 rings (SSSR count). The van der Waals surface area contributed by atoms with E-state index in [1.54, 1.807) is 51.2 Å². The lowest BCUT2D eigenvalue weighted by Gasteiger charge is -2.18. The van der Waals surface area contributed by atoms with Crippen molar-refractivity contribution in [3.63, 3.8) is 0 Å². The Balaban J connectivity index is 2.15. The number of carbonyl (C=O) groups excluding carboxylic acids is 3. The highest BCUT2D eigenvalue weighted by molar-refractivity contribution is 6.12. The third-order valence-electron chi connectivity index (χ3n) is 3.51. The van der Waals surface area contributed by atoms with Crippen molar-refractivity contribution < 1.29 is 23.9 Å². The van der Waals surface area contributed by atoms with E-state index < -0.39 is 18.5 Å². The molecule has 0 atom stereocenters. The molecule has 0 unspecified atom stereocenters. The van der Waals surface area contributed by atoms with Gasteiger partial charge >= 0.3 is 11.9 Å². The van der Waals surface area contributed by atoms with Gasteiger partial charge in [-0.1, -0.05) is 30.3 Å². The molecule has 1 amide bonds. The molecule has 136 valence electrons. The zero-order valence-corrected chi connectivity index (χ0v) is 15.0. The fourth-order valence-corrected chi connectivity index (χ4v) is 2.30. The summed E-state index contributed by atoms with van der Waals surface area (Å²) in [6, 6.07) is 15.4. The fraction of sp³-hybridized carbons (Fsp3) is 0.250. The molecular weight excluding hydrogens is 334 g/mol. The Morgan fingerprint density at radius 1 is 0.923 bits per heavy atom. The molecule has 0 saturated heterocycles. The summed E-state index contributed by atoms with van der Waals surface area (Å²) in [6.07, 6.45) is -0.297. The van der Waals surface area contributed by atoms with Gasteiger partial charge in [0.2, 0.25) is 0 Å². The average molecular weight is 355 g/mol. The Labute approximate surface area is 152 Å². The zero-order chi connectivity index (χ0) is 19.1. The monoisotopic (exact) mass is 355 g/mol. The quantitative estimate of drug-likeness (QED) is 0.745. The van der Waals surface area contributed by atoms with Crippen LogP contribution < -0.4 is 4.90 Å². The molecule has 0 aliphatic carbocycles. The lowest BCUT2D eigenvalue weighted by molar-refractivity contribution is -0.150. The third kappa shape index (κ3) is 4.92. The van der Waals surface area contributed by atoms with Gasteiger partial charge < -0.3 is 14.4 Å². The van der Waals surface area contributed by atoms with Crippen LogP contribution in [-0.2, 0) is 14.3 Å². The molecule has 26 heavy (non-hydrogen) atoms. The van der Waals surface area contributed by atoms with Gasteiger partial charge in [0.15, 0.2) is 6.61 Å². The van der Waals surface area contributed by atoms with Gasteiger partial charge in [0.25, 0.3) is 5.91 Å². The predicted molar refractivity (Wildman–Crippen MR) is 97.1 cm³/mol. The number of hydrogen-bond acceptors (Lipinski definition) is 5. The highest BCUT2D eigenvalue weighted by atomic mass is 16.6. The number of para-hydroxylation sites is 1. The van der Waals surface area contributed by atoms with Crippen LogP contribution in [0.25, 0.3) is 0 Å². The zero-order valence-electron chi connectivity index (χ0n) is 15.0. The minimum atomic E-state index is -0.754. The van der Waals surface area contributed by atoms with Gasteiger partial charge in [0.1, 0.15) is 0 Å². The lowest BCUT2D eigenvalue weighted by Crippen LogP contribution is -2.28. The van der Waals surface area contributed by atoms with Crippen LogP contribution in [0.4, 0.5) is 5.69 Å². The van der Waals surface area contributed by atoms with Gasteiger partial charge in [0, 0.05) is 12.7 Å². The first kappa shape index (κ1) is 19.2. The first-order valence-corrected chi connectivity index (χ1v) is 8.19. The maximum atomic E-state index is 12.8. The first-order chi connectivity index (χ1) is 12.4. The highest BCUT2D eigenvalue weighted by Crippen LogP contribution is 2.18. The molecule has 0 N–H and O–H groups in total. The Morgan fingerprint density at radius 2 is 1.50 bits per heavy atom. The molecule has 6 nitrogen and oxygen atoms in total. The van der Waals surface area contributed by atoms with Crippen LogP contribution >= 0.6 is 0 Å². The van der Waals surface area contributed by atoms with Crippen LogP contribution in [-0.4, -0.2) is 37.6 Å². The summed E-state index contributed by atoms with van der Waals surface area (Å²) in [5.41, 5.74) is 0.986. The second-order valence-electron chi connectivity index (χ2n) is 5.86. The van der Waals surface area contributed by atoms with Crippen LogP contribution in [0.1, 0.15) is 34.6 Å². The highest BCUT2D eigenvalue weighted by Gasteiger charge is 2.22. The summed E-state index contributed by atoms with van der Waals surface area (Å²) in [7, 11) is 1.62. The first-order valence-electron chi connectivity index (χ1n) is 8.19. The number of amides is 1. The Hall–Kier alpha value is -3.15.